The average molecular weight is 346 g/mol. The lowest BCUT2D eigenvalue weighted by Crippen LogP contribution is -2.30. The highest BCUT2D eigenvalue weighted by Crippen LogP contribution is 2.05. The monoisotopic (exact) mass is 346 g/mol. The van der Waals surface area contributed by atoms with Gasteiger partial charge in [-0.15, -0.1) is 0 Å². The highest BCUT2D eigenvalue weighted by Gasteiger charge is 2.19. The van der Waals surface area contributed by atoms with Gasteiger partial charge in [-0.2, -0.15) is 0 Å². The van der Waals surface area contributed by atoms with E-state index in [1.807, 2.05) is 13.8 Å². The predicted molar refractivity (Wildman–Crippen MR) is 87.2 cm³/mol. The number of aliphatic hydroxyl groups is 1. The van der Waals surface area contributed by atoms with E-state index >= 15 is 0 Å². The zero-order valence-electron chi connectivity index (χ0n) is 14.8. The number of unbranched alkanes of at least 4 members (excludes halogenated alkanes) is 2. The molecular weight excluding hydrogens is 316 g/mol. The molecule has 0 aliphatic rings. The Morgan fingerprint density at radius 1 is 0.792 bits per heavy atom. The molecule has 0 fully saturated rings. The van der Waals surface area contributed by atoms with E-state index in [1.165, 1.54) is 0 Å². The van der Waals surface area contributed by atoms with E-state index in [2.05, 4.69) is 0 Å². The van der Waals surface area contributed by atoms with Crippen LogP contribution in [0.4, 0.5) is 0 Å². The van der Waals surface area contributed by atoms with Crippen LogP contribution in [0.2, 0.25) is 0 Å². The highest BCUT2D eigenvalue weighted by atomic mass is 16.6. The molecule has 0 aromatic rings. The van der Waals surface area contributed by atoms with Crippen LogP contribution in [0.3, 0.4) is 0 Å². The van der Waals surface area contributed by atoms with E-state index < -0.39 is 18.0 Å². The largest absolute Gasteiger partial charge is 0.462 e. The normalized spacial score (nSPS) is 11.6. The molecule has 0 aliphatic heterocycles. The number of ether oxygens (including phenoxy) is 3. The summed E-state index contributed by atoms with van der Waals surface area (Å²) in [5.74, 6) is -1.26. The van der Waals surface area contributed by atoms with Crippen molar-refractivity contribution in [2.24, 2.45) is 0 Å². The van der Waals surface area contributed by atoms with E-state index in [9.17, 15) is 14.4 Å². The number of hydrogen-bond acceptors (Lipinski definition) is 7. The van der Waals surface area contributed by atoms with Crippen molar-refractivity contribution in [3.8, 4) is 0 Å². The molecule has 0 saturated carbocycles. The molecule has 0 saturated heterocycles. The molecule has 7 heteroatoms. The molecule has 24 heavy (non-hydrogen) atoms. The second kappa shape index (κ2) is 14.9. The summed E-state index contributed by atoms with van der Waals surface area (Å²) in [6, 6.07) is 0. The lowest BCUT2D eigenvalue weighted by atomic mass is 10.2. The molecule has 0 bridgehead atoms. The first-order chi connectivity index (χ1) is 11.5. The zero-order chi connectivity index (χ0) is 18.2. The maximum absolute atomic E-state index is 11.7. The fraction of sp³-hybridized carbons (Fsp3) is 0.824. The van der Waals surface area contributed by atoms with Gasteiger partial charge in [0, 0.05) is 25.9 Å². The third-order valence-electron chi connectivity index (χ3n) is 3.17. The minimum Gasteiger partial charge on any atom is -0.462 e. The number of carbonyl (C=O) groups excluding carboxylic acids is 3. The summed E-state index contributed by atoms with van der Waals surface area (Å²) in [5, 5.41) is 8.68. The van der Waals surface area contributed by atoms with Gasteiger partial charge >= 0.3 is 17.9 Å². The van der Waals surface area contributed by atoms with Gasteiger partial charge in [0.1, 0.15) is 13.2 Å². The van der Waals surface area contributed by atoms with Gasteiger partial charge in [0.2, 0.25) is 0 Å². The number of rotatable bonds is 14. The van der Waals surface area contributed by atoms with Gasteiger partial charge in [0.05, 0.1) is 0 Å². The summed E-state index contributed by atoms with van der Waals surface area (Å²) in [4.78, 5) is 34.7. The fourth-order valence-corrected chi connectivity index (χ4v) is 1.74. The fourth-order valence-electron chi connectivity index (χ4n) is 1.74. The second-order valence-corrected chi connectivity index (χ2v) is 5.51. The quantitative estimate of drug-likeness (QED) is 0.380. The summed E-state index contributed by atoms with van der Waals surface area (Å²) in [5.41, 5.74) is 0. The number of aliphatic hydroxyl groups excluding tert-OH is 1. The average Bonchev–Trinajstić information content (AvgIpc) is 2.58. The maximum Gasteiger partial charge on any atom is 0.306 e. The van der Waals surface area contributed by atoms with Crippen molar-refractivity contribution < 1.29 is 33.7 Å². The summed E-state index contributed by atoms with van der Waals surface area (Å²) in [7, 11) is 0. The van der Waals surface area contributed by atoms with E-state index in [-0.39, 0.29) is 38.6 Å². The number of carbonyl (C=O) groups is 3. The lowest BCUT2D eigenvalue weighted by molar-refractivity contribution is -0.167. The SMILES string of the molecule is CCCCC(=O)OCC(COC(=O)CCCO)OC(=O)CCCC. The molecule has 0 spiro atoms. The van der Waals surface area contributed by atoms with Gasteiger partial charge in [-0.25, -0.2) is 0 Å². The predicted octanol–water partition coefficient (Wildman–Crippen LogP) is 2.14. The number of esters is 3. The van der Waals surface area contributed by atoms with Crippen LogP contribution in [0.15, 0.2) is 0 Å². The minimum atomic E-state index is -0.807. The molecule has 0 heterocycles. The molecule has 0 amide bonds. The van der Waals surface area contributed by atoms with E-state index in [4.69, 9.17) is 19.3 Å². The van der Waals surface area contributed by atoms with Crippen molar-refractivity contribution in [2.75, 3.05) is 19.8 Å². The Kier molecular flexibility index (Phi) is 13.9. The van der Waals surface area contributed by atoms with Crippen LogP contribution < -0.4 is 0 Å². The maximum atomic E-state index is 11.7. The van der Waals surface area contributed by atoms with Crippen LogP contribution in [-0.2, 0) is 28.6 Å². The van der Waals surface area contributed by atoms with Crippen LogP contribution in [0.25, 0.3) is 0 Å². The van der Waals surface area contributed by atoms with Gasteiger partial charge in [0.25, 0.3) is 0 Å². The molecule has 0 aromatic heterocycles. The van der Waals surface area contributed by atoms with E-state index in [0.29, 0.717) is 19.3 Å². The Balaban J connectivity index is 4.34. The highest BCUT2D eigenvalue weighted by molar-refractivity contribution is 5.71. The molecule has 1 N–H and O–H groups in total. The molecular formula is C17H30O7. The third-order valence-corrected chi connectivity index (χ3v) is 3.17. The summed E-state index contributed by atoms with van der Waals surface area (Å²) < 4.78 is 15.3. The van der Waals surface area contributed by atoms with Gasteiger partial charge in [-0.1, -0.05) is 26.7 Å². The Morgan fingerprint density at radius 3 is 1.71 bits per heavy atom. The second-order valence-electron chi connectivity index (χ2n) is 5.51. The summed E-state index contributed by atoms with van der Waals surface area (Å²) in [6.07, 6.45) is 3.36. The molecule has 0 rings (SSSR count). The first-order valence-electron chi connectivity index (χ1n) is 8.65. The minimum absolute atomic E-state index is 0.0866. The Bertz CT molecular complexity index is 344. The molecule has 140 valence electrons. The Hall–Kier alpha value is -1.63. The van der Waals surface area contributed by atoms with E-state index in [0.717, 1.165) is 19.3 Å². The van der Waals surface area contributed by atoms with Crippen molar-refractivity contribution in [1.29, 1.82) is 0 Å². The van der Waals surface area contributed by atoms with Gasteiger partial charge in [0.15, 0.2) is 6.10 Å². The smallest absolute Gasteiger partial charge is 0.306 e. The van der Waals surface area contributed by atoms with E-state index in [1.54, 1.807) is 0 Å². The first kappa shape index (κ1) is 22.4. The van der Waals surface area contributed by atoms with Gasteiger partial charge in [-0.05, 0) is 19.3 Å². The Morgan fingerprint density at radius 2 is 1.25 bits per heavy atom. The molecule has 1 atom stereocenters. The van der Waals surface area contributed by atoms with Crippen molar-refractivity contribution in [2.45, 2.75) is 71.3 Å². The van der Waals surface area contributed by atoms with Gasteiger partial charge < -0.3 is 19.3 Å². The molecule has 7 nitrogen and oxygen atoms in total. The standard InChI is InChI=1S/C17H30O7/c1-3-5-8-15(19)22-12-14(24-17(21)9-6-4-2)13-23-16(20)10-7-11-18/h14,18H,3-13H2,1-2H3. The molecule has 0 aromatic carbocycles. The first-order valence-corrected chi connectivity index (χ1v) is 8.65. The van der Waals surface area contributed by atoms with Crippen molar-refractivity contribution >= 4 is 17.9 Å². The van der Waals surface area contributed by atoms with Crippen LogP contribution in [0.5, 0.6) is 0 Å². The van der Waals surface area contributed by atoms with Crippen molar-refractivity contribution in [3.05, 3.63) is 0 Å². The van der Waals surface area contributed by atoms with Crippen LogP contribution in [-0.4, -0.2) is 48.9 Å². The molecule has 0 radical (unpaired) electrons. The Labute approximate surface area is 143 Å². The summed E-state index contributed by atoms with van der Waals surface area (Å²) >= 11 is 0. The van der Waals surface area contributed by atoms with Crippen LogP contribution >= 0.6 is 0 Å². The zero-order valence-corrected chi connectivity index (χ0v) is 14.8. The van der Waals surface area contributed by atoms with Crippen LogP contribution in [0, 0.1) is 0 Å². The number of hydrogen-bond donors (Lipinski definition) is 1. The van der Waals surface area contributed by atoms with Crippen molar-refractivity contribution in [1.82, 2.24) is 0 Å². The van der Waals surface area contributed by atoms with Gasteiger partial charge in [-0.3, -0.25) is 14.4 Å². The molecule has 0 aliphatic carbocycles. The summed E-state index contributed by atoms with van der Waals surface area (Å²) in [6.45, 7) is 3.54. The third kappa shape index (κ3) is 12.9. The molecule has 1 unspecified atom stereocenters. The van der Waals surface area contributed by atoms with Crippen molar-refractivity contribution in [3.63, 3.8) is 0 Å². The van der Waals surface area contributed by atoms with Crippen LogP contribution in [0.1, 0.15) is 65.2 Å². The lowest BCUT2D eigenvalue weighted by Gasteiger charge is -2.18. The topological polar surface area (TPSA) is 99.1 Å².